The summed E-state index contributed by atoms with van der Waals surface area (Å²) in [6, 6.07) is 0. The van der Waals surface area contributed by atoms with Gasteiger partial charge in [-0.1, -0.05) is 24.9 Å². The lowest BCUT2D eigenvalue weighted by atomic mass is 10.4. The monoisotopic (exact) mass is 180 g/mol. The second-order valence-electron chi connectivity index (χ2n) is 2.47. The fourth-order valence-electron chi connectivity index (χ4n) is 0.697. The van der Waals surface area contributed by atoms with E-state index in [4.69, 9.17) is 21.1 Å². The minimum Gasteiger partial charge on any atom is -0.353 e. The van der Waals surface area contributed by atoms with E-state index in [0.29, 0.717) is 0 Å². The molecule has 0 fully saturated rings. The molecule has 0 aromatic carbocycles. The molecule has 2 nitrogen and oxygen atoms in total. The largest absolute Gasteiger partial charge is 0.353 e. The van der Waals surface area contributed by atoms with Gasteiger partial charge in [0.15, 0.2) is 6.29 Å². The predicted molar refractivity (Wildman–Crippen MR) is 46.7 cm³/mol. The molecule has 0 spiro atoms. The van der Waals surface area contributed by atoms with Gasteiger partial charge in [0.2, 0.25) is 0 Å². The van der Waals surface area contributed by atoms with Crippen molar-refractivity contribution in [3.63, 3.8) is 0 Å². The molecule has 0 aromatic rings. The quantitative estimate of drug-likeness (QED) is 0.356. The molecule has 0 aliphatic heterocycles. The van der Waals surface area contributed by atoms with Gasteiger partial charge in [0.25, 0.3) is 0 Å². The van der Waals surface area contributed by atoms with Crippen molar-refractivity contribution in [1.82, 2.24) is 0 Å². The summed E-state index contributed by atoms with van der Waals surface area (Å²) in [6.45, 7) is 6.51. The Morgan fingerprint density at radius 3 is 2.45 bits per heavy atom. The van der Waals surface area contributed by atoms with Crippen LogP contribution in [0, 0.1) is 0 Å². The summed E-state index contributed by atoms with van der Waals surface area (Å²) >= 11 is 5.58. The van der Waals surface area contributed by atoms with Crippen molar-refractivity contribution in [3.05, 3.63) is 0 Å². The summed E-state index contributed by atoms with van der Waals surface area (Å²) in [6.07, 6.45) is 2.03. The van der Waals surface area contributed by atoms with Crippen LogP contribution in [0.2, 0.25) is 0 Å². The molecule has 0 amide bonds. The summed E-state index contributed by atoms with van der Waals surface area (Å²) < 4.78 is 10.4. The topological polar surface area (TPSA) is 18.5 Å². The van der Waals surface area contributed by atoms with Crippen LogP contribution in [0.25, 0.3) is 0 Å². The molecular weight excluding hydrogens is 164 g/mol. The van der Waals surface area contributed by atoms with Crippen LogP contribution >= 0.6 is 11.6 Å². The van der Waals surface area contributed by atoms with Crippen LogP contribution in [-0.2, 0) is 9.47 Å². The minimum atomic E-state index is -0.272. The average molecular weight is 181 g/mol. The molecule has 68 valence electrons. The van der Waals surface area contributed by atoms with E-state index in [1.165, 1.54) is 0 Å². The van der Waals surface area contributed by atoms with Crippen molar-refractivity contribution in [1.29, 1.82) is 0 Å². The predicted octanol–water partition coefficient (Wildman–Crippen LogP) is 2.75. The molecule has 2 atom stereocenters. The first-order chi connectivity index (χ1) is 5.16. The molecule has 0 aliphatic carbocycles. The lowest BCUT2D eigenvalue weighted by molar-refractivity contribution is -0.137. The summed E-state index contributed by atoms with van der Waals surface area (Å²) in [7, 11) is 0. The SMILES string of the molecule is CCCCOC(C)OC(C)Cl. The van der Waals surface area contributed by atoms with Gasteiger partial charge in [0.05, 0.1) is 0 Å². The van der Waals surface area contributed by atoms with Crippen molar-refractivity contribution in [2.45, 2.75) is 45.5 Å². The van der Waals surface area contributed by atoms with Crippen LogP contribution in [0.3, 0.4) is 0 Å². The van der Waals surface area contributed by atoms with Gasteiger partial charge in [-0.25, -0.2) is 0 Å². The lowest BCUT2D eigenvalue weighted by Gasteiger charge is -2.14. The Morgan fingerprint density at radius 1 is 1.36 bits per heavy atom. The zero-order valence-corrected chi connectivity index (χ0v) is 8.23. The summed E-state index contributed by atoms with van der Waals surface area (Å²) in [5.74, 6) is 0. The summed E-state index contributed by atoms with van der Waals surface area (Å²) in [5.41, 5.74) is -0.272. The van der Waals surface area contributed by atoms with Gasteiger partial charge in [-0.2, -0.15) is 0 Å². The first kappa shape index (κ1) is 11.2. The van der Waals surface area contributed by atoms with Crippen molar-refractivity contribution < 1.29 is 9.47 Å². The number of halogens is 1. The van der Waals surface area contributed by atoms with Crippen LogP contribution in [0.5, 0.6) is 0 Å². The molecule has 0 saturated carbocycles. The third kappa shape index (κ3) is 8.11. The number of alkyl halides is 1. The molecule has 0 heterocycles. The van der Waals surface area contributed by atoms with E-state index >= 15 is 0 Å². The van der Waals surface area contributed by atoms with E-state index in [1.807, 2.05) is 6.92 Å². The number of hydrogen-bond acceptors (Lipinski definition) is 2. The molecule has 0 radical (unpaired) electrons. The van der Waals surface area contributed by atoms with Crippen molar-refractivity contribution in [2.75, 3.05) is 6.61 Å². The lowest BCUT2D eigenvalue weighted by Crippen LogP contribution is -2.16. The van der Waals surface area contributed by atoms with Gasteiger partial charge in [0.1, 0.15) is 5.56 Å². The Bertz CT molecular complexity index is 86.2. The van der Waals surface area contributed by atoms with Crippen LogP contribution in [-0.4, -0.2) is 18.5 Å². The first-order valence-corrected chi connectivity index (χ1v) is 4.51. The summed E-state index contributed by atoms with van der Waals surface area (Å²) in [5, 5.41) is 0. The highest BCUT2D eigenvalue weighted by Crippen LogP contribution is 2.03. The van der Waals surface area contributed by atoms with Gasteiger partial charge in [-0.05, 0) is 20.3 Å². The minimum absolute atomic E-state index is 0.186. The fraction of sp³-hybridized carbons (Fsp3) is 1.00. The normalized spacial score (nSPS) is 16.4. The second-order valence-corrected chi connectivity index (χ2v) is 3.09. The standard InChI is InChI=1S/C8H17ClO2/c1-4-5-6-10-8(3)11-7(2)9/h7-8H,4-6H2,1-3H3. The van der Waals surface area contributed by atoms with E-state index in [-0.39, 0.29) is 11.9 Å². The van der Waals surface area contributed by atoms with E-state index in [0.717, 1.165) is 19.4 Å². The Labute approximate surface area is 73.8 Å². The Balaban J connectivity index is 3.15. The maximum absolute atomic E-state index is 5.58. The molecule has 0 aliphatic rings. The molecular formula is C8H17ClO2. The van der Waals surface area contributed by atoms with E-state index in [1.54, 1.807) is 6.92 Å². The van der Waals surface area contributed by atoms with Gasteiger partial charge in [0, 0.05) is 6.61 Å². The third-order valence-corrected chi connectivity index (χ3v) is 1.33. The highest BCUT2D eigenvalue weighted by Gasteiger charge is 2.04. The molecule has 0 aromatic heterocycles. The first-order valence-electron chi connectivity index (χ1n) is 4.08. The molecule has 0 saturated heterocycles. The van der Waals surface area contributed by atoms with Crippen molar-refractivity contribution in [3.8, 4) is 0 Å². The molecule has 0 rings (SSSR count). The van der Waals surface area contributed by atoms with E-state index < -0.39 is 0 Å². The molecule has 11 heavy (non-hydrogen) atoms. The van der Waals surface area contributed by atoms with Crippen LogP contribution in [0.15, 0.2) is 0 Å². The highest BCUT2D eigenvalue weighted by atomic mass is 35.5. The summed E-state index contributed by atoms with van der Waals surface area (Å²) in [4.78, 5) is 0. The molecule has 0 bridgehead atoms. The van der Waals surface area contributed by atoms with Crippen LogP contribution in [0.1, 0.15) is 33.6 Å². The maximum atomic E-state index is 5.58. The highest BCUT2D eigenvalue weighted by molar-refractivity contribution is 6.19. The Morgan fingerprint density at radius 2 is 2.00 bits per heavy atom. The Kier molecular flexibility index (Phi) is 7.02. The van der Waals surface area contributed by atoms with Crippen LogP contribution in [0.4, 0.5) is 0 Å². The Hall–Kier alpha value is 0.210. The smallest absolute Gasteiger partial charge is 0.156 e. The van der Waals surface area contributed by atoms with Gasteiger partial charge < -0.3 is 9.47 Å². The average Bonchev–Trinajstić information content (AvgIpc) is 1.86. The molecule has 0 N–H and O–H groups in total. The van der Waals surface area contributed by atoms with E-state index in [9.17, 15) is 0 Å². The number of ether oxygens (including phenoxy) is 2. The third-order valence-electron chi connectivity index (χ3n) is 1.23. The van der Waals surface area contributed by atoms with Gasteiger partial charge in [-0.3, -0.25) is 0 Å². The van der Waals surface area contributed by atoms with Crippen LogP contribution < -0.4 is 0 Å². The number of unbranched alkanes of at least 4 members (excludes halogenated alkanes) is 1. The number of rotatable bonds is 6. The van der Waals surface area contributed by atoms with Gasteiger partial charge in [-0.15, -0.1) is 0 Å². The van der Waals surface area contributed by atoms with Crippen molar-refractivity contribution >= 4 is 11.6 Å². The molecule has 2 unspecified atom stereocenters. The second kappa shape index (κ2) is 6.89. The maximum Gasteiger partial charge on any atom is 0.156 e. The molecule has 3 heteroatoms. The van der Waals surface area contributed by atoms with E-state index in [2.05, 4.69) is 6.92 Å². The zero-order chi connectivity index (χ0) is 8.69. The fourth-order valence-corrected chi connectivity index (χ4v) is 0.842. The number of hydrogen-bond donors (Lipinski definition) is 0. The zero-order valence-electron chi connectivity index (χ0n) is 7.47. The van der Waals surface area contributed by atoms with Crippen molar-refractivity contribution in [2.24, 2.45) is 0 Å². The van der Waals surface area contributed by atoms with Gasteiger partial charge >= 0.3 is 0 Å².